The smallest absolute Gasteiger partial charge is 0.197 e. The molecule has 3 nitrogen and oxygen atoms in total. The van der Waals surface area contributed by atoms with Gasteiger partial charge in [0, 0.05) is 17.6 Å². The van der Waals surface area contributed by atoms with Crippen LogP contribution in [0.2, 0.25) is 0 Å². The van der Waals surface area contributed by atoms with Gasteiger partial charge in [-0.3, -0.25) is 4.98 Å². The minimum Gasteiger partial charge on any atom is -0.463 e. The molecule has 0 radical (unpaired) electrons. The van der Waals surface area contributed by atoms with Gasteiger partial charge in [0.15, 0.2) is 12.0 Å². The minimum atomic E-state index is -0.258. The molecular formula is C10H11Cl2NO2. The molecule has 2 rings (SSSR count). The SMILES string of the molecule is CC1OCc2c(CCl)cnc(CCl)c2O1. The molecule has 1 atom stereocenters. The first-order valence-corrected chi connectivity index (χ1v) is 5.73. The van der Waals surface area contributed by atoms with Crippen molar-refractivity contribution in [1.29, 1.82) is 0 Å². The van der Waals surface area contributed by atoms with E-state index in [0.717, 1.165) is 22.6 Å². The van der Waals surface area contributed by atoms with Crippen LogP contribution in [0.4, 0.5) is 0 Å². The van der Waals surface area contributed by atoms with E-state index < -0.39 is 0 Å². The van der Waals surface area contributed by atoms with Crippen LogP contribution >= 0.6 is 23.2 Å². The fourth-order valence-electron chi connectivity index (χ4n) is 1.52. The monoisotopic (exact) mass is 247 g/mol. The van der Waals surface area contributed by atoms with Gasteiger partial charge in [-0.15, -0.1) is 23.2 Å². The summed E-state index contributed by atoms with van der Waals surface area (Å²) >= 11 is 11.6. The minimum absolute atomic E-state index is 0.258. The molecule has 0 aliphatic carbocycles. The molecule has 0 saturated heterocycles. The molecular weight excluding hydrogens is 237 g/mol. The standard InChI is InChI=1S/C10H11Cl2NO2/c1-6-14-5-8-7(2-11)4-13-9(3-12)10(8)15-6/h4,6H,2-3,5H2,1H3. The van der Waals surface area contributed by atoms with Crippen molar-refractivity contribution in [2.75, 3.05) is 0 Å². The number of pyridine rings is 1. The Labute approximate surface area is 98.3 Å². The fraction of sp³-hybridized carbons (Fsp3) is 0.500. The Morgan fingerprint density at radius 1 is 1.47 bits per heavy atom. The molecule has 0 spiro atoms. The highest BCUT2D eigenvalue weighted by Crippen LogP contribution is 2.32. The molecule has 0 N–H and O–H groups in total. The van der Waals surface area contributed by atoms with E-state index in [-0.39, 0.29) is 6.29 Å². The number of hydrogen-bond donors (Lipinski definition) is 0. The van der Waals surface area contributed by atoms with Crippen molar-refractivity contribution in [3.05, 3.63) is 23.0 Å². The number of halogens is 2. The maximum Gasteiger partial charge on any atom is 0.197 e. The van der Waals surface area contributed by atoms with Crippen molar-refractivity contribution in [1.82, 2.24) is 4.98 Å². The average Bonchev–Trinajstić information content (AvgIpc) is 2.27. The molecule has 1 aromatic rings. The molecule has 0 amide bonds. The maximum atomic E-state index is 5.81. The number of alkyl halides is 2. The molecule has 5 heteroatoms. The molecule has 0 fully saturated rings. The summed E-state index contributed by atoms with van der Waals surface area (Å²) in [4.78, 5) is 4.22. The van der Waals surface area contributed by atoms with E-state index in [2.05, 4.69) is 4.98 Å². The van der Waals surface area contributed by atoms with Gasteiger partial charge in [-0.1, -0.05) is 0 Å². The Hall–Kier alpha value is -0.510. The second-order valence-electron chi connectivity index (χ2n) is 3.30. The van der Waals surface area contributed by atoms with Gasteiger partial charge in [-0.25, -0.2) is 0 Å². The molecule has 0 saturated carbocycles. The summed E-state index contributed by atoms with van der Waals surface area (Å²) in [5.74, 6) is 1.47. The summed E-state index contributed by atoms with van der Waals surface area (Å²) in [5, 5.41) is 0. The number of aromatic nitrogens is 1. The van der Waals surface area contributed by atoms with Crippen LogP contribution in [0.5, 0.6) is 5.75 Å². The summed E-state index contributed by atoms with van der Waals surface area (Å²) in [7, 11) is 0. The maximum absolute atomic E-state index is 5.81. The van der Waals surface area contributed by atoms with Gasteiger partial charge in [0.2, 0.25) is 0 Å². The van der Waals surface area contributed by atoms with Crippen molar-refractivity contribution in [3.8, 4) is 5.75 Å². The molecule has 0 aromatic carbocycles. The Bertz CT molecular complexity index is 371. The van der Waals surface area contributed by atoms with Crippen LogP contribution in [0.1, 0.15) is 23.7 Å². The third-order valence-corrected chi connectivity index (χ3v) is 2.86. The molecule has 0 bridgehead atoms. The normalized spacial score (nSPS) is 19.5. The third kappa shape index (κ3) is 2.05. The second-order valence-corrected chi connectivity index (χ2v) is 3.84. The first-order chi connectivity index (χ1) is 7.26. The highest BCUT2D eigenvalue weighted by molar-refractivity contribution is 6.17. The van der Waals surface area contributed by atoms with E-state index in [9.17, 15) is 0 Å². The molecule has 1 aliphatic heterocycles. The van der Waals surface area contributed by atoms with E-state index in [1.165, 1.54) is 0 Å². The van der Waals surface area contributed by atoms with Crippen molar-refractivity contribution >= 4 is 23.2 Å². The summed E-state index contributed by atoms with van der Waals surface area (Å²) in [6.07, 6.45) is 1.47. The molecule has 1 aromatic heterocycles. The Morgan fingerprint density at radius 2 is 2.27 bits per heavy atom. The van der Waals surface area contributed by atoms with Crippen LogP contribution < -0.4 is 4.74 Å². The van der Waals surface area contributed by atoms with E-state index in [4.69, 9.17) is 32.7 Å². The van der Waals surface area contributed by atoms with E-state index in [0.29, 0.717) is 18.4 Å². The van der Waals surface area contributed by atoms with Crippen molar-refractivity contribution < 1.29 is 9.47 Å². The number of fused-ring (bicyclic) bond motifs is 1. The zero-order chi connectivity index (χ0) is 10.8. The van der Waals surface area contributed by atoms with Crippen molar-refractivity contribution in [2.45, 2.75) is 31.6 Å². The number of hydrogen-bond acceptors (Lipinski definition) is 3. The predicted octanol–water partition coefficient (Wildman–Crippen LogP) is 2.81. The largest absolute Gasteiger partial charge is 0.463 e. The third-order valence-electron chi connectivity index (χ3n) is 2.32. The van der Waals surface area contributed by atoms with Gasteiger partial charge in [0.05, 0.1) is 18.2 Å². The lowest BCUT2D eigenvalue weighted by Crippen LogP contribution is -2.24. The second kappa shape index (κ2) is 4.56. The molecule has 15 heavy (non-hydrogen) atoms. The number of ether oxygens (including phenoxy) is 2. The lowest BCUT2D eigenvalue weighted by atomic mass is 10.1. The average molecular weight is 248 g/mol. The van der Waals surface area contributed by atoms with Gasteiger partial charge in [0.25, 0.3) is 0 Å². The molecule has 1 unspecified atom stereocenters. The zero-order valence-corrected chi connectivity index (χ0v) is 9.81. The highest BCUT2D eigenvalue weighted by Gasteiger charge is 2.22. The van der Waals surface area contributed by atoms with Crippen molar-refractivity contribution in [3.63, 3.8) is 0 Å². The molecule has 82 valence electrons. The Morgan fingerprint density at radius 3 is 2.93 bits per heavy atom. The summed E-state index contributed by atoms with van der Waals surface area (Å²) in [6.45, 7) is 2.35. The molecule has 2 heterocycles. The fourth-order valence-corrected chi connectivity index (χ4v) is 1.94. The first-order valence-electron chi connectivity index (χ1n) is 4.66. The van der Waals surface area contributed by atoms with Crippen LogP contribution in [0, 0.1) is 0 Å². The highest BCUT2D eigenvalue weighted by atomic mass is 35.5. The predicted molar refractivity (Wildman–Crippen MR) is 58.2 cm³/mol. The Balaban J connectivity index is 2.48. The summed E-state index contributed by atoms with van der Waals surface area (Å²) in [6, 6.07) is 0. The molecule has 1 aliphatic rings. The van der Waals surface area contributed by atoms with Crippen LogP contribution in [-0.2, 0) is 23.1 Å². The van der Waals surface area contributed by atoms with Gasteiger partial charge in [-0.05, 0) is 12.5 Å². The van der Waals surface area contributed by atoms with Gasteiger partial charge in [0.1, 0.15) is 0 Å². The van der Waals surface area contributed by atoms with E-state index in [1.54, 1.807) is 6.20 Å². The lowest BCUT2D eigenvalue weighted by Gasteiger charge is -2.26. The topological polar surface area (TPSA) is 31.4 Å². The van der Waals surface area contributed by atoms with E-state index in [1.807, 2.05) is 6.92 Å². The zero-order valence-electron chi connectivity index (χ0n) is 8.30. The number of nitrogens with zero attached hydrogens (tertiary/aromatic N) is 1. The van der Waals surface area contributed by atoms with Gasteiger partial charge >= 0.3 is 0 Å². The lowest BCUT2D eigenvalue weighted by molar-refractivity contribution is -0.0954. The van der Waals surface area contributed by atoms with Crippen LogP contribution in [-0.4, -0.2) is 11.3 Å². The Kier molecular flexibility index (Phi) is 3.34. The summed E-state index contributed by atoms with van der Waals surface area (Å²) < 4.78 is 11.0. The van der Waals surface area contributed by atoms with Crippen LogP contribution in [0.15, 0.2) is 6.20 Å². The van der Waals surface area contributed by atoms with Gasteiger partial charge in [-0.2, -0.15) is 0 Å². The van der Waals surface area contributed by atoms with E-state index >= 15 is 0 Å². The van der Waals surface area contributed by atoms with Crippen LogP contribution in [0.25, 0.3) is 0 Å². The van der Waals surface area contributed by atoms with Gasteiger partial charge < -0.3 is 9.47 Å². The summed E-state index contributed by atoms with van der Waals surface area (Å²) in [5.41, 5.74) is 2.65. The van der Waals surface area contributed by atoms with Crippen molar-refractivity contribution in [2.24, 2.45) is 0 Å². The quantitative estimate of drug-likeness (QED) is 0.754. The number of rotatable bonds is 2. The first kappa shape index (κ1) is 11.0. The van der Waals surface area contributed by atoms with Crippen LogP contribution in [0.3, 0.4) is 0 Å².